The van der Waals surface area contributed by atoms with Crippen molar-refractivity contribution < 1.29 is 5.11 Å². The Morgan fingerprint density at radius 1 is 1.29 bits per heavy atom. The standard InChI is InChI=1S/C13H26O/c1-5-6-7-8-9-10-12(2)13(3,4)11-14/h5,12,14H,1,6-11H2,2-4H3. The Hall–Kier alpha value is -0.300. The Morgan fingerprint density at radius 3 is 2.43 bits per heavy atom. The quantitative estimate of drug-likeness (QED) is 0.465. The van der Waals surface area contributed by atoms with E-state index in [1.165, 1.54) is 25.7 Å². The summed E-state index contributed by atoms with van der Waals surface area (Å²) in [5, 5.41) is 9.19. The SMILES string of the molecule is C=CCCCCCC(C)C(C)(C)CO. The van der Waals surface area contributed by atoms with Crippen LogP contribution in [0.3, 0.4) is 0 Å². The molecule has 0 saturated heterocycles. The summed E-state index contributed by atoms with van der Waals surface area (Å²) in [6.45, 7) is 10.5. The summed E-state index contributed by atoms with van der Waals surface area (Å²) in [7, 11) is 0. The van der Waals surface area contributed by atoms with Crippen LogP contribution in [0.1, 0.15) is 52.9 Å². The Bertz CT molecular complexity index is 149. The molecule has 0 heterocycles. The molecule has 0 radical (unpaired) electrons. The lowest BCUT2D eigenvalue weighted by molar-refractivity contribution is 0.0985. The number of hydrogen-bond donors (Lipinski definition) is 1. The van der Waals surface area contributed by atoms with Crippen LogP contribution in [0.4, 0.5) is 0 Å². The van der Waals surface area contributed by atoms with Crippen LogP contribution in [0, 0.1) is 11.3 Å². The molecule has 1 atom stereocenters. The van der Waals surface area contributed by atoms with E-state index >= 15 is 0 Å². The minimum Gasteiger partial charge on any atom is -0.396 e. The summed E-state index contributed by atoms with van der Waals surface area (Å²) < 4.78 is 0. The van der Waals surface area contributed by atoms with Gasteiger partial charge in [-0.05, 0) is 24.2 Å². The molecule has 1 heteroatoms. The molecule has 0 fully saturated rings. The molecular weight excluding hydrogens is 172 g/mol. The lowest BCUT2D eigenvalue weighted by Crippen LogP contribution is -2.25. The topological polar surface area (TPSA) is 20.2 Å². The average molecular weight is 198 g/mol. The maximum Gasteiger partial charge on any atom is 0.0484 e. The maximum absolute atomic E-state index is 9.19. The zero-order valence-electron chi connectivity index (χ0n) is 10.1. The Labute approximate surface area is 89.2 Å². The fraction of sp³-hybridized carbons (Fsp3) is 0.846. The van der Waals surface area contributed by atoms with E-state index in [4.69, 9.17) is 0 Å². The van der Waals surface area contributed by atoms with Crippen molar-refractivity contribution in [1.82, 2.24) is 0 Å². The largest absolute Gasteiger partial charge is 0.396 e. The number of aliphatic hydroxyl groups is 1. The van der Waals surface area contributed by atoms with Gasteiger partial charge in [-0.2, -0.15) is 0 Å². The van der Waals surface area contributed by atoms with Gasteiger partial charge in [0.2, 0.25) is 0 Å². The third-order valence-corrected chi connectivity index (χ3v) is 3.29. The molecular formula is C13H26O. The van der Waals surface area contributed by atoms with Crippen LogP contribution in [0.2, 0.25) is 0 Å². The van der Waals surface area contributed by atoms with E-state index in [1.807, 2.05) is 6.08 Å². The van der Waals surface area contributed by atoms with Gasteiger partial charge in [0.15, 0.2) is 0 Å². The van der Waals surface area contributed by atoms with E-state index in [9.17, 15) is 5.11 Å². The summed E-state index contributed by atoms with van der Waals surface area (Å²) in [6.07, 6.45) is 8.18. The highest BCUT2D eigenvalue weighted by atomic mass is 16.3. The van der Waals surface area contributed by atoms with Crippen molar-refractivity contribution in [3.05, 3.63) is 12.7 Å². The van der Waals surface area contributed by atoms with Gasteiger partial charge >= 0.3 is 0 Å². The Morgan fingerprint density at radius 2 is 1.93 bits per heavy atom. The molecule has 0 aromatic carbocycles. The van der Waals surface area contributed by atoms with Crippen LogP contribution in [-0.2, 0) is 0 Å². The molecule has 84 valence electrons. The molecule has 0 bridgehead atoms. The normalized spacial score (nSPS) is 14.0. The molecule has 0 aliphatic heterocycles. The zero-order chi connectivity index (χ0) is 11.0. The number of aliphatic hydroxyl groups excluding tert-OH is 1. The minimum atomic E-state index is 0.0818. The highest BCUT2D eigenvalue weighted by Crippen LogP contribution is 2.29. The van der Waals surface area contributed by atoms with Gasteiger partial charge < -0.3 is 5.11 Å². The van der Waals surface area contributed by atoms with Gasteiger partial charge in [0.25, 0.3) is 0 Å². The predicted molar refractivity (Wildman–Crippen MR) is 63.3 cm³/mol. The monoisotopic (exact) mass is 198 g/mol. The average Bonchev–Trinajstić information content (AvgIpc) is 2.17. The first-order valence-corrected chi connectivity index (χ1v) is 5.76. The fourth-order valence-electron chi connectivity index (χ4n) is 1.46. The summed E-state index contributed by atoms with van der Waals surface area (Å²) in [4.78, 5) is 0. The molecule has 0 rings (SSSR count). The molecule has 1 N–H and O–H groups in total. The number of hydrogen-bond acceptors (Lipinski definition) is 1. The Kier molecular flexibility index (Phi) is 6.90. The molecule has 0 aliphatic rings. The highest BCUT2D eigenvalue weighted by molar-refractivity contribution is 4.74. The molecule has 0 aliphatic carbocycles. The van der Waals surface area contributed by atoms with Gasteiger partial charge in [-0.3, -0.25) is 0 Å². The first-order valence-electron chi connectivity index (χ1n) is 5.76. The van der Waals surface area contributed by atoms with Gasteiger partial charge in [-0.25, -0.2) is 0 Å². The van der Waals surface area contributed by atoms with Crippen molar-refractivity contribution in [2.75, 3.05) is 6.61 Å². The lowest BCUT2D eigenvalue weighted by Gasteiger charge is -2.29. The molecule has 0 spiro atoms. The van der Waals surface area contributed by atoms with E-state index < -0.39 is 0 Å². The first kappa shape index (κ1) is 13.7. The molecule has 0 aromatic rings. The van der Waals surface area contributed by atoms with E-state index in [2.05, 4.69) is 27.4 Å². The molecule has 0 aromatic heterocycles. The third-order valence-electron chi connectivity index (χ3n) is 3.29. The second kappa shape index (κ2) is 7.05. The van der Waals surface area contributed by atoms with Gasteiger partial charge in [-0.1, -0.05) is 46.1 Å². The molecule has 1 unspecified atom stereocenters. The number of allylic oxidation sites excluding steroid dienone is 1. The van der Waals surface area contributed by atoms with E-state index in [1.54, 1.807) is 0 Å². The van der Waals surface area contributed by atoms with Crippen molar-refractivity contribution in [1.29, 1.82) is 0 Å². The summed E-state index contributed by atoms with van der Waals surface area (Å²) in [6, 6.07) is 0. The number of rotatable bonds is 8. The van der Waals surface area contributed by atoms with Crippen LogP contribution in [-0.4, -0.2) is 11.7 Å². The maximum atomic E-state index is 9.19. The van der Waals surface area contributed by atoms with Crippen LogP contribution in [0.25, 0.3) is 0 Å². The third kappa shape index (κ3) is 5.43. The van der Waals surface area contributed by atoms with E-state index in [-0.39, 0.29) is 5.41 Å². The molecule has 14 heavy (non-hydrogen) atoms. The van der Waals surface area contributed by atoms with Gasteiger partial charge in [0, 0.05) is 6.61 Å². The molecule has 0 saturated carbocycles. The Balaban J connectivity index is 3.53. The van der Waals surface area contributed by atoms with Crippen LogP contribution < -0.4 is 0 Å². The second-order valence-electron chi connectivity index (χ2n) is 4.97. The first-order chi connectivity index (χ1) is 6.54. The van der Waals surface area contributed by atoms with Crippen molar-refractivity contribution in [2.45, 2.75) is 52.9 Å². The van der Waals surface area contributed by atoms with Gasteiger partial charge in [-0.15, -0.1) is 6.58 Å². The van der Waals surface area contributed by atoms with Crippen molar-refractivity contribution in [3.63, 3.8) is 0 Å². The summed E-state index contributed by atoms with van der Waals surface area (Å²) >= 11 is 0. The lowest BCUT2D eigenvalue weighted by atomic mass is 9.78. The van der Waals surface area contributed by atoms with E-state index in [0.29, 0.717) is 12.5 Å². The summed E-state index contributed by atoms with van der Waals surface area (Å²) in [5.41, 5.74) is 0.0818. The van der Waals surface area contributed by atoms with E-state index in [0.717, 1.165) is 6.42 Å². The number of unbranched alkanes of at least 4 members (excludes halogenated alkanes) is 3. The van der Waals surface area contributed by atoms with Crippen molar-refractivity contribution >= 4 is 0 Å². The smallest absolute Gasteiger partial charge is 0.0484 e. The highest BCUT2D eigenvalue weighted by Gasteiger charge is 2.23. The zero-order valence-corrected chi connectivity index (χ0v) is 10.1. The van der Waals surface area contributed by atoms with Crippen molar-refractivity contribution in [2.24, 2.45) is 11.3 Å². The van der Waals surface area contributed by atoms with Crippen LogP contribution in [0.5, 0.6) is 0 Å². The molecule has 1 nitrogen and oxygen atoms in total. The van der Waals surface area contributed by atoms with Crippen molar-refractivity contribution in [3.8, 4) is 0 Å². The van der Waals surface area contributed by atoms with Crippen LogP contribution >= 0.6 is 0 Å². The fourth-order valence-corrected chi connectivity index (χ4v) is 1.46. The van der Waals surface area contributed by atoms with Gasteiger partial charge in [0.1, 0.15) is 0 Å². The predicted octanol–water partition coefficient (Wildman–Crippen LogP) is 3.78. The van der Waals surface area contributed by atoms with Gasteiger partial charge in [0.05, 0.1) is 0 Å². The molecule has 0 amide bonds. The van der Waals surface area contributed by atoms with Crippen LogP contribution in [0.15, 0.2) is 12.7 Å². The minimum absolute atomic E-state index is 0.0818. The summed E-state index contributed by atoms with van der Waals surface area (Å²) in [5.74, 6) is 0.608. The second-order valence-corrected chi connectivity index (χ2v) is 4.97.